The summed E-state index contributed by atoms with van der Waals surface area (Å²) in [6.45, 7) is 0. The number of rotatable bonds is 9. The van der Waals surface area contributed by atoms with Crippen molar-refractivity contribution in [2.45, 2.75) is 0 Å². The lowest BCUT2D eigenvalue weighted by Crippen LogP contribution is -2.00. The molecule has 3 rings (SSSR count). The minimum Gasteiger partial charge on any atom is -0.497 e. The number of benzene rings is 3. The minimum absolute atomic E-state index is 0.00487. The maximum atomic E-state index is 11.3. The van der Waals surface area contributed by atoms with Crippen molar-refractivity contribution in [1.29, 1.82) is 0 Å². The Bertz CT molecular complexity index is 1230. The molecule has 11 heteroatoms. The molecular weight excluding hydrogens is 432 g/mol. The van der Waals surface area contributed by atoms with Gasteiger partial charge in [-0.1, -0.05) is 12.1 Å². The molecule has 0 saturated carbocycles. The predicted octanol–water partition coefficient (Wildman–Crippen LogP) is 4.64. The molecule has 0 atom stereocenters. The number of nitro groups is 2. The lowest BCUT2D eigenvalue weighted by Gasteiger charge is -2.15. The Morgan fingerprint density at radius 3 is 2.30 bits per heavy atom. The lowest BCUT2D eigenvalue weighted by atomic mass is 9.98. The van der Waals surface area contributed by atoms with Gasteiger partial charge < -0.3 is 14.2 Å². The van der Waals surface area contributed by atoms with Gasteiger partial charge in [0.05, 0.1) is 43.5 Å². The molecule has 0 saturated heterocycles. The van der Waals surface area contributed by atoms with Crippen LogP contribution >= 0.6 is 0 Å². The van der Waals surface area contributed by atoms with Crippen LogP contribution in [0.15, 0.2) is 59.7 Å². The molecule has 3 aromatic rings. The molecule has 0 aliphatic carbocycles. The number of para-hydroxylation sites is 1. The zero-order valence-corrected chi connectivity index (χ0v) is 18.0. The topological polar surface area (TPSA) is 138 Å². The van der Waals surface area contributed by atoms with Crippen LogP contribution in [0.25, 0.3) is 11.1 Å². The molecule has 0 aromatic heterocycles. The number of nitro benzene ring substituents is 2. The molecule has 0 spiro atoms. The van der Waals surface area contributed by atoms with E-state index < -0.39 is 21.2 Å². The van der Waals surface area contributed by atoms with Crippen molar-refractivity contribution in [2.24, 2.45) is 5.10 Å². The molecular formula is C22H20N4O7. The van der Waals surface area contributed by atoms with Crippen LogP contribution in [-0.2, 0) is 0 Å². The highest BCUT2D eigenvalue weighted by Gasteiger charge is 2.19. The summed E-state index contributed by atoms with van der Waals surface area (Å²) in [6.07, 6.45) is 1.46. The highest BCUT2D eigenvalue weighted by Crippen LogP contribution is 2.39. The Balaban J connectivity index is 2.02. The molecule has 1 N–H and O–H groups in total. The van der Waals surface area contributed by atoms with Crippen molar-refractivity contribution in [2.75, 3.05) is 26.8 Å². The van der Waals surface area contributed by atoms with Crippen LogP contribution in [0.5, 0.6) is 17.2 Å². The lowest BCUT2D eigenvalue weighted by molar-refractivity contribution is -0.393. The average molecular weight is 452 g/mol. The van der Waals surface area contributed by atoms with Crippen molar-refractivity contribution < 1.29 is 24.1 Å². The molecule has 0 radical (unpaired) electrons. The van der Waals surface area contributed by atoms with E-state index in [9.17, 15) is 20.2 Å². The molecule has 0 amide bonds. The van der Waals surface area contributed by atoms with Gasteiger partial charge in [0.2, 0.25) is 0 Å². The number of nitrogens with zero attached hydrogens (tertiary/aromatic N) is 3. The first-order chi connectivity index (χ1) is 15.9. The van der Waals surface area contributed by atoms with Crippen LogP contribution in [0, 0.1) is 20.2 Å². The number of non-ortho nitro benzene ring substituents is 1. The summed E-state index contributed by atoms with van der Waals surface area (Å²) in [5.41, 5.74) is 3.83. The normalized spacial score (nSPS) is 10.6. The molecule has 11 nitrogen and oxygen atoms in total. The number of hydrogen-bond donors (Lipinski definition) is 1. The Morgan fingerprint density at radius 2 is 1.67 bits per heavy atom. The Morgan fingerprint density at radius 1 is 0.879 bits per heavy atom. The van der Waals surface area contributed by atoms with Gasteiger partial charge in [0.25, 0.3) is 5.69 Å². The van der Waals surface area contributed by atoms with Gasteiger partial charge in [-0.2, -0.15) is 5.10 Å². The summed E-state index contributed by atoms with van der Waals surface area (Å²) in [5, 5.41) is 26.4. The van der Waals surface area contributed by atoms with Crippen molar-refractivity contribution >= 4 is 23.3 Å². The zero-order valence-electron chi connectivity index (χ0n) is 18.0. The van der Waals surface area contributed by atoms with Crippen molar-refractivity contribution in [3.63, 3.8) is 0 Å². The van der Waals surface area contributed by atoms with Crippen molar-refractivity contribution in [1.82, 2.24) is 0 Å². The number of anilines is 1. The van der Waals surface area contributed by atoms with Gasteiger partial charge in [0.1, 0.15) is 11.4 Å². The molecule has 0 heterocycles. The van der Waals surface area contributed by atoms with E-state index in [1.807, 2.05) is 18.2 Å². The monoisotopic (exact) mass is 452 g/mol. The molecule has 3 aromatic carbocycles. The molecule has 0 aliphatic rings. The summed E-state index contributed by atoms with van der Waals surface area (Å²) in [7, 11) is 4.60. The summed E-state index contributed by atoms with van der Waals surface area (Å²) in [4.78, 5) is 20.8. The smallest absolute Gasteiger partial charge is 0.301 e. The Kier molecular flexibility index (Phi) is 7.03. The third kappa shape index (κ3) is 4.98. The average Bonchev–Trinajstić information content (AvgIpc) is 2.83. The second-order valence-electron chi connectivity index (χ2n) is 6.58. The standard InChI is InChI=1S/C22H20N4O7/c1-31-16-8-9-17(18-5-4-6-21(32-2)22(18)33-3)14(11-16)13-23-24-19-10-7-15(25(27)28)12-20(19)26(29)30/h4-13,24H,1-3H3/b23-13+. The highest BCUT2D eigenvalue weighted by atomic mass is 16.6. The third-order valence-electron chi connectivity index (χ3n) is 4.73. The van der Waals surface area contributed by atoms with Crippen LogP contribution in [0.2, 0.25) is 0 Å². The molecule has 0 aliphatic heterocycles. The van der Waals surface area contributed by atoms with E-state index in [0.29, 0.717) is 22.8 Å². The van der Waals surface area contributed by atoms with E-state index in [1.54, 1.807) is 25.3 Å². The van der Waals surface area contributed by atoms with Gasteiger partial charge in [0, 0.05) is 17.2 Å². The number of ether oxygens (including phenoxy) is 3. The maximum absolute atomic E-state index is 11.3. The van der Waals surface area contributed by atoms with Crippen LogP contribution in [-0.4, -0.2) is 37.4 Å². The van der Waals surface area contributed by atoms with Crippen molar-refractivity contribution in [3.05, 3.63) is 80.4 Å². The zero-order chi connectivity index (χ0) is 24.0. The molecule has 0 unspecified atom stereocenters. The minimum atomic E-state index is -0.719. The van der Waals surface area contributed by atoms with E-state index in [2.05, 4.69) is 10.5 Å². The Hall–Kier alpha value is -4.67. The van der Waals surface area contributed by atoms with E-state index in [-0.39, 0.29) is 5.69 Å². The van der Waals surface area contributed by atoms with Crippen LogP contribution < -0.4 is 19.6 Å². The number of methoxy groups -OCH3 is 3. The third-order valence-corrected chi connectivity index (χ3v) is 4.73. The number of nitrogens with one attached hydrogen (secondary N) is 1. The molecule has 0 fully saturated rings. The van der Waals surface area contributed by atoms with Gasteiger partial charge >= 0.3 is 5.69 Å². The van der Waals surface area contributed by atoms with Gasteiger partial charge in [-0.25, -0.2) is 0 Å². The summed E-state index contributed by atoms with van der Waals surface area (Å²) in [5.74, 6) is 1.65. The fourth-order valence-corrected chi connectivity index (χ4v) is 3.17. The summed E-state index contributed by atoms with van der Waals surface area (Å²) >= 11 is 0. The van der Waals surface area contributed by atoms with E-state index in [0.717, 1.165) is 23.3 Å². The first-order valence-electron chi connectivity index (χ1n) is 9.51. The fraction of sp³-hybridized carbons (Fsp3) is 0.136. The largest absolute Gasteiger partial charge is 0.497 e. The number of hydrogen-bond acceptors (Lipinski definition) is 9. The van der Waals surface area contributed by atoms with Crippen molar-refractivity contribution in [3.8, 4) is 28.4 Å². The predicted molar refractivity (Wildman–Crippen MR) is 123 cm³/mol. The second kappa shape index (κ2) is 10.1. The quantitative estimate of drug-likeness (QED) is 0.281. The first kappa shape index (κ1) is 23.0. The highest BCUT2D eigenvalue weighted by molar-refractivity contribution is 5.93. The van der Waals surface area contributed by atoms with Crippen LogP contribution in [0.3, 0.4) is 0 Å². The Labute approximate surface area is 188 Å². The summed E-state index contributed by atoms with van der Waals surface area (Å²) < 4.78 is 16.2. The van der Waals surface area contributed by atoms with Gasteiger partial charge in [-0.05, 0) is 35.9 Å². The van der Waals surface area contributed by atoms with E-state index in [1.165, 1.54) is 26.5 Å². The first-order valence-corrected chi connectivity index (χ1v) is 9.51. The van der Waals surface area contributed by atoms with Crippen LogP contribution in [0.4, 0.5) is 17.1 Å². The second-order valence-corrected chi connectivity index (χ2v) is 6.58. The van der Waals surface area contributed by atoms with Gasteiger partial charge in [-0.15, -0.1) is 0 Å². The molecule has 0 bridgehead atoms. The SMILES string of the molecule is COc1ccc(-c2cccc(OC)c2OC)c(/C=N/Nc2ccc([N+](=O)[O-])cc2[N+](=O)[O-])c1. The molecule has 33 heavy (non-hydrogen) atoms. The summed E-state index contributed by atoms with van der Waals surface area (Å²) in [6, 6.07) is 14.0. The van der Waals surface area contributed by atoms with E-state index in [4.69, 9.17) is 14.2 Å². The van der Waals surface area contributed by atoms with Gasteiger partial charge in [0.15, 0.2) is 11.5 Å². The van der Waals surface area contributed by atoms with Crippen LogP contribution in [0.1, 0.15) is 5.56 Å². The maximum Gasteiger partial charge on any atom is 0.301 e. The molecule has 170 valence electrons. The fourth-order valence-electron chi connectivity index (χ4n) is 3.17. The number of hydrazone groups is 1. The van der Waals surface area contributed by atoms with E-state index >= 15 is 0 Å². The van der Waals surface area contributed by atoms with Gasteiger partial charge in [-0.3, -0.25) is 25.7 Å².